The van der Waals surface area contributed by atoms with Crippen LogP contribution in [0.2, 0.25) is 10.0 Å². The van der Waals surface area contributed by atoms with Crippen molar-refractivity contribution in [2.24, 2.45) is 0 Å². The van der Waals surface area contributed by atoms with Gasteiger partial charge in [0.2, 0.25) is 0 Å². The number of halogens is 2. The summed E-state index contributed by atoms with van der Waals surface area (Å²) in [5, 5.41) is 3.96. The Hall–Kier alpha value is -1.32. The average Bonchev–Trinajstić information content (AvgIpc) is 2.24. The van der Waals surface area contributed by atoms with Crippen molar-refractivity contribution in [3.05, 3.63) is 46.7 Å². The van der Waals surface area contributed by atoms with Crippen LogP contribution in [-0.2, 0) is 0 Å². The highest BCUT2D eigenvalue weighted by Gasteiger charge is 2.03. The molecule has 0 aliphatic carbocycles. The molecule has 15 heavy (non-hydrogen) atoms. The van der Waals surface area contributed by atoms with Crippen molar-refractivity contribution in [2.75, 3.05) is 5.32 Å². The van der Waals surface area contributed by atoms with Gasteiger partial charge in [-0.15, -0.1) is 0 Å². The first kappa shape index (κ1) is 10.2. The molecule has 0 saturated carbocycles. The zero-order valence-electron chi connectivity index (χ0n) is 7.61. The summed E-state index contributed by atoms with van der Waals surface area (Å²) >= 11 is 11.7. The topological polar surface area (TPSA) is 37.8 Å². The number of rotatable bonds is 2. The lowest BCUT2D eigenvalue weighted by Crippen LogP contribution is -1.95. The molecule has 0 fully saturated rings. The van der Waals surface area contributed by atoms with E-state index in [4.69, 9.17) is 23.2 Å². The van der Waals surface area contributed by atoms with Gasteiger partial charge in [0.1, 0.15) is 11.6 Å². The van der Waals surface area contributed by atoms with Crippen LogP contribution in [0.15, 0.2) is 36.7 Å². The zero-order valence-corrected chi connectivity index (χ0v) is 9.13. The highest BCUT2D eigenvalue weighted by molar-refractivity contribution is 6.36. The van der Waals surface area contributed by atoms with E-state index in [0.29, 0.717) is 21.7 Å². The minimum absolute atomic E-state index is 0.466. The normalized spacial score (nSPS) is 10.0. The lowest BCUT2D eigenvalue weighted by molar-refractivity contribution is 1.25. The van der Waals surface area contributed by atoms with Gasteiger partial charge in [0.25, 0.3) is 0 Å². The molecule has 5 heteroatoms. The summed E-state index contributed by atoms with van der Waals surface area (Å²) in [5.74, 6) is 1.23. The first-order chi connectivity index (χ1) is 7.25. The third-order valence-electron chi connectivity index (χ3n) is 1.72. The van der Waals surface area contributed by atoms with Crippen molar-refractivity contribution < 1.29 is 0 Å². The fourth-order valence-corrected chi connectivity index (χ4v) is 1.49. The molecule has 0 saturated heterocycles. The molecule has 0 aliphatic heterocycles. The largest absolute Gasteiger partial charge is 0.324 e. The summed E-state index contributed by atoms with van der Waals surface area (Å²) in [5.41, 5.74) is 0. The van der Waals surface area contributed by atoms with Gasteiger partial charge < -0.3 is 5.32 Å². The molecule has 0 radical (unpaired) electrons. The second-order valence-corrected chi connectivity index (χ2v) is 3.67. The van der Waals surface area contributed by atoms with Gasteiger partial charge in [-0.1, -0.05) is 29.3 Å². The van der Waals surface area contributed by atoms with E-state index < -0.39 is 0 Å². The van der Waals surface area contributed by atoms with Crippen LogP contribution in [0, 0.1) is 0 Å². The highest BCUT2D eigenvalue weighted by atomic mass is 35.5. The molecular weight excluding hydrogens is 233 g/mol. The molecule has 0 bridgehead atoms. The third-order valence-corrected chi connectivity index (χ3v) is 2.21. The Balaban J connectivity index is 2.25. The van der Waals surface area contributed by atoms with E-state index in [1.165, 1.54) is 6.20 Å². The molecule has 2 rings (SSSR count). The molecule has 0 spiro atoms. The molecule has 0 aromatic carbocycles. The Kier molecular flexibility index (Phi) is 3.04. The summed E-state index contributed by atoms with van der Waals surface area (Å²) in [4.78, 5) is 8.15. The van der Waals surface area contributed by atoms with E-state index in [0.717, 1.165) is 0 Å². The lowest BCUT2D eigenvalue weighted by Gasteiger charge is -2.05. The lowest BCUT2D eigenvalue weighted by atomic mass is 10.4. The molecule has 76 valence electrons. The fourth-order valence-electron chi connectivity index (χ4n) is 1.06. The van der Waals surface area contributed by atoms with Crippen LogP contribution in [0.25, 0.3) is 0 Å². The van der Waals surface area contributed by atoms with E-state index >= 15 is 0 Å². The van der Waals surface area contributed by atoms with Crippen LogP contribution in [0.3, 0.4) is 0 Å². The molecule has 2 aromatic rings. The van der Waals surface area contributed by atoms with Crippen molar-refractivity contribution in [3.63, 3.8) is 0 Å². The van der Waals surface area contributed by atoms with E-state index in [1.807, 2.05) is 18.2 Å². The Bertz CT molecular complexity index is 459. The van der Waals surface area contributed by atoms with Gasteiger partial charge in [-0.2, -0.15) is 0 Å². The van der Waals surface area contributed by atoms with Gasteiger partial charge in [0, 0.05) is 12.4 Å². The average molecular weight is 240 g/mol. The number of nitrogens with zero attached hydrogens (tertiary/aromatic N) is 2. The van der Waals surface area contributed by atoms with Crippen molar-refractivity contribution >= 4 is 34.8 Å². The van der Waals surface area contributed by atoms with Crippen LogP contribution < -0.4 is 5.32 Å². The zero-order chi connectivity index (χ0) is 10.7. The molecule has 0 unspecified atom stereocenters. The summed E-state index contributed by atoms with van der Waals surface area (Å²) in [6.07, 6.45) is 3.21. The minimum atomic E-state index is 0.466. The Morgan fingerprint density at radius 1 is 1.13 bits per heavy atom. The standard InChI is InChI=1S/C10H7Cl2N3/c11-7-5-8(12)10(14-6-7)15-9-3-1-2-4-13-9/h1-6H,(H,13,14,15). The number of anilines is 2. The number of nitrogens with one attached hydrogen (secondary N) is 1. The summed E-state index contributed by atoms with van der Waals surface area (Å²) < 4.78 is 0. The van der Waals surface area contributed by atoms with Gasteiger partial charge in [0.05, 0.1) is 10.0 Å². The van der Waals surface area contributed by atoms with Crippen molar-refractivity contribution in [1.82, 2.24) is 9.97 Å². The molecule has 0 amide bonds. The van der Waals surface area contributed by atoms with Crippen LogP contribution in [0.5, 0.6) is 0 Å². The van der Waals surface area contributed by atoms with Gasteiger partial charge in [-0.05, 0) is 18.2 Å². The number of aromatic nitrogens is 2. The maximum absolute atomic E-state index is 5.94. The highest BCUT2D eigenvalue weighted by Crippen LogP contribution is 2.24. The predicted molar refractivity (Wildman–Crippen MR) is 61.8 cm³/mol. The molecule has 0 atom stereocenters. The maximum Gasteiger partial charge on any atom is 0.150 e. The second kappa shape index (κ2) is 4.47. The van der Waals surface area contributed by atoms with Crippen LogP contribution in [0.4, 0.5) is 11.6 Å². The number of pyridine rings is 2. The molecule has 1 N–H and O–H groups in total. The van der Waals surface area contributed by atoms with Crippen molar-refractivity contribution in [1.29, 1.82) is 0 Å². The SMILES string of the molecule is Clc1cnc(Nc2ccccn2)c(Cl)c1. The summed E-state index contributed by atoms with van der Waals surface area (Å²) in [6, 6.07) is 7.16. The number of hydrogen-bond donors (Lipinski definition) is 1. The molecule has 3 nitrogen and oxygen atoms in total. The van der Waals surface area contributed by atoms with Crippen LogP contribution in [-0.4, -0.2) is 9.97 Å². The van der Waals surface area contributed by atoms with Gasteiger partial charge >= 0.3 is 0 Å². The van der Waals surface area contributed by atoms with Gasteiger partial charge in [-0.3, -0.25) is 0 Å². The van der Waals surface area contributed by atoms with Crippen LogP contribution in [0.1, 0.15) is 0 Å². The summed E-state index contributed by atoms with van der Waals surface area (Å²) in [7, 11) is 0. The molecular formula is C10H7Cl2N3. The fraction of sp³-hybridized carbons (Fsp3) is 0. The summed E-state index contributed by atoms with van der Waals surface area (Å²) in [6.45, 7) is 0. The van der Waals surface area contributed by atoms with Crippen molar-refractivity contribution in [3.8, 4) is 0 Å². The first-order valence-corrected chi connectivity index (χ1v) is 5.00. The Morgan fingerprint density at radius 2 is 2.00 bits per heavy atom. The smallest absolute Gasteiger partial charge is 0.150 e. The Labute approximate surface area is 97.1 Å². The quantitative estimate of drug-likeness (QED) is 0.872. The van der Waals surface area contributed by atoms with E-state index in [-0.39, 0.29) is 0 Å². The monoisotopic (exact) mass is 239 g/mol. The first-order valence-electron chi connectivity index (χ1n) is 4.25. The van der Waals surface area contributed by atoms with E-state index in [9.17, 15) is 0 Å². The predicted octanol–water partition coefficient (Wildman–Crippen LogP) is 3.53. The van der Waals surface area contributed by atoms with E-state index in [1.54, 1.807) is 12.3 Å². The van der Waals surface area contributed by atoms with Crippen molar-refractivity contribution in [2.45, 2.75) is 0 Å². The van der Waals surface area contributed by atoms with Gasteiger partial charge in [-0.25, -0.2) is 9.97 Å². The Morgan fingerprint density at radius 3 is 2.67 bits per heavy atom. The maximum atomic E-state index is 5.94. The molecule has 0 aliphatic rings. The minimum Gasteiger partial charge on any atom is -0.324 e. The van der Waals surface area contributed by atoms with Gasteiger partial charge in [0.15, 0.2) is 0 Å². The number of hydrogen-bond acceptors (Lipinski definition) is 3. The third kappa shape index (κ3) is 2.58. The van der Waals surface area contributed by atoms with E-state index in [2.05, 4.69) is 15.3 Å². The molecule has 2 aromatic heterocycles. The second-order valence-electron chi connectivity index (χ2n) is 2.82. The van der Waals surface area contributed by atoms with Crippen LogP contribution >= 0.6 is 23.2 Å². The molecule has 2 heterocycles.